The van der Waals surface area contributed by atoms with Crippen LogP contribution in [-0.4, -0.2) is 15.5 Å². The Morgan fingerprint density at radius 1 is 1.31 bits per heavy atom. The van der Waals surface area contributed by atoms with Crippen LogP contribution in [0.3, 0.4) is 0 Å². The Morgan fingerprint density at radius 2 is 2.08 bits per heavy atom. The van der Waals surface area contributed by atoms with Crippen LogP contribution >= 0.6 is 0 Å². The molecule has 0 aliphatic carbocycles. The van der Waals surface area contributed by atoms with E-state index in [9.17, 15) is 8.42 Å². The summed E-state index contributed by atoms with van der Waals surface area (Å²) in [5.41, 5.74) is 0.694. The lowest BCUT2D eigenvalue weighted by molar-refractivity contribution is 0.414. The summed E-state index contributed by atoms with van der Waals surface area (Å²) in [5.74, 6) is 0.667. The van der Waals surface area contributed by atoms with Crippen molar-refractivity contribution in [3.63, 3.8) is 0 Å². The lowest BCUT2D eigenvalue weighted by atomic mass is 10.2. The Morgan fingerprint density at radius 3 is 2.77 bits per heavy atom. The molecule has 13 heavy (non-hydrogen) atoms. The van der Waals surface area contributed by atoms with Gasteiger partial charge in [0, 0.05) is 5.41 Å². The fourth-order valence-corrected chi connectivity index (χ4v) is 2.46. The number of ether oxygens (including phenoxy) is 1. The third-order valence-electron chi connectivity index (χ3n) is 1.95. The predicted molar refractivity (Wildman–Crippen MR) is 49.2 cm³/mol. The molecule has 1 aliphatic rings. The number of hydrogen-bond acceptors (Lipinski definition) is 3. The number of hydrogen-bond donors (Lipinski definition) is 0. The van der Waals surface area contributed by atoms with Crippen LogP contribution in [0.5, 0.6) is 5.75 Å². The van der Waals surface area contributed by atoms with Gasteiger partial charge in [-0.25, -0.2) is 8.42 Å². The predicted octanol–water partition coefficient (Wildman–Crippen LogP) is 1.45. The van der Waals surface area contributed by atoms with Crippen molar-refractivity contribution in [3.8, 4) is 5.75 Å². The van der Waals surface area contributed by atoms with E-state index in [1.54, 1.807) is 31.4 Å². The van der Waals surface area contributed by atoms with Gasteiger partial charge >= 0.3 is 0 Å². The number of rotatable bonds is 1. The van der Waals surface area contributed by atoms with E-state index in [4.69, 9.17) is 4.74 Å². The van der Waals surface area contributed by atoms with Crippen LogP contribution < -0.4 is 4.74 Å². The summed E-state index contributed by atoms with van der Waals surface area (Å²) in [7, 11) is -1.62. The molecule has 68 valence electrons. The summed E-state index contributed by atoms with van der Waals surface area (Å²) in [6.07, 6.45) is 1.58. The van der Waals surface area contributed by atoms with Gasteiger partial charge in [-0.1, -0.05) is 0 Å². The number of sulfone groups is 1. The van der Waals surface area contributed by atoms with Gasteiger partial charge in [-0.2, -0.15) is 0 Å². The van der Waals surface area contributed by atoms with Crippen LogP contribution in [0, 0.1) is 0 Å². The molecule has 0 amide bonds. The van der Waals surface area contributed by atoms with Crippen LogP contribution in [0.2, 0.25) is 0 Å². The summed E-state index contributed by atoms with van der Waals surface area (Å²) in [4.78, 5) is 0.355. The molecule has 0 aromatic heterocycles. The monoisotopic (exact) mass is 196 g/mol. The summed E-state index contributed by atoms with van der Waals surface area (Å²) >= 11 is 0. The minimum absolute atomic E-state index is 0.355. The molecule has 0 unspecified atom stereocenters. The van der Waals surface area contributed by atoms with E-state index in [1.165, 1.54) is 5.41 Å². The van der Waals surface area contributed by atoms with Crippen molar-refractivity contribution in [2.45, 2.75) is 4.90 Å². The van der Waals surface area contributed by atoms with E-state index >= 15 is 0 Å². The highest BCUT2D eigenvalue weighted by Crippen LogP contribution is 2.29. The molecule has 0 radical (unpaired) electrons. The van der Waals surface area contributed by atoms with Crippen molar-refractivity contribution in [2.24, 2.45) is 0 Å². The average molecular weight is 196 g/mol. The first-order valence-electron chi connectivity index (χ1n) is 3.75. The van der Waals surface area contributed by atoms with Crippen LogP contribution in [0.4, 0.5) is 0 Å². The van der Waals surface area contributed by atoms with Gasteiger partial charge in [0.25, 0.3) is 0 Å². The van der Waals surface area contributed by atoms with Gasteiger partial charge in [-0.05, 0) is 29.8 Å². The molecule has 0 N–H and O–H groups in total. The maximum absolute atomic E-state index is 11.3. The van der Waals surface area contributed by atoms with Crippen molar-refractivity contribution in [3.05, 3.63) is 29.2 Å². The Balaban J connectivity index is 2.65. The Labute approximate surface area is 76.6 Å². The van der Waals surface area contributed by atoms with Crippen LogP contribution in [0.1, 0.15) is 5.56 Å². The molecule has 0 atom stereocenters. The minimum atomic E-state index is -3.17. The van der Waals surface area contributed by atoms with E-state index in [0.29, 0.717) is 16.2 Å². The zero-order chi connectivity index (χ0) is 9.47. The SMILES string of the molecule is COc1ccc2c(c1)C=CS2(=O)=O. The number of methoxy groups -OCH3 is 1. The Kier molecular flexibility index (Phi) is 1.66. The van der Waals surface area contributed by atoms with Gasteiger partial charge in [-0.3, -0.25) is 0 Å². The third-order valence-corrected chi connectivity index (χ3v) is 3.43. The fourth-order valence-electron chi connectivity index (χ4n) is 1.28. The second-order valence-electron chi connectivity index (χ2n) is 2.75. The molecular formula is C9H8O3S. The fraction of sp³-hybridized carbons (Fsp3) is 0.111. The molecule has 0 spiro atoms. The van der Waals surface area contributed by atoms with Gasteiger partial charge < -0.3 is 4.74 Å². The number of fused-ring (bicyclic) bond motifs is 1. The first-order valence-corrected chi connectivity index (χ1v) is 5.29. The second-order valence-corrected chi connectivity index (χ2v) is 4.55. The van der Waals surface area contributed by atoms with Gasteiger partial charge in [0.1, 0.15) is 5.75 Å². The Hall–Kier alpha value is -1.29. The average Bonchev–Trinajstić information content (AvgIpc) is 2.42. The maximum Gasteiger partial charge on any atom is 0.200 e. The standard InChI is InChI=1S/C9H8O3S/c1-12-8-2-3-9-7(6-8)4-5-13(9,10)11/h2-6H,1H3. The van der Waals surface area contributed by atoms with E-state index in [1.807, 2.05) is 0 Å². The lowest BCUT2D eigenvalue weighted by Gasteiger charge is -2.01. The van der Waals surface area contributed by atoms with Gasteiger partial charge in [0.15, 0.2) is 9.84 Å². The van der Waals surface area contributed by atoms with Crippen molar-refractivity contribution in [1.82, 2.24) is 0 Å². The topological polar surface area (TPSA) is 43.4 Å². The molecule has 1 heterocycles. The van der Waals surface area contributed by atoms with Crippen LogP contribution in [-0.2, 0) is 9.84 Å². The quantitative estimate of drug-likeness (QED) is 0.682. The lowest BCUT2D eigenvalue weighted by Crippen LogP contribution is -1.93. The van der Waals surface area contributed by atoms with Gasteiger partial charge in [0.2, 0.25) is 0 Å². The molecule has 2 rings (SSSR count). The molecule has 1 aromatic rings. The molecule has 1 aromatic carbocycles. The molecule has 0 bridgehead atoms. The molecule has 4 heteroatoms. The highest BCUT2D eigenvalue weighted by Gasteiger charge is 2.20. The third kappa shape index (κ3) is 1.23. The smallest absolute Gasteiger partial charge is 0.200 e. The maximum atomic E-state index is 11.3. The molecule has 0 saturated heterocycles. The van der Waals surface area contributed by atoms with Crippen molar-refractivity contribution in [1.29, 1.82) is 0 Å². The zero-order valence-electron chi connectivity index (χ0n) is 7.02. The van der Waals surface area contributed by atoms with Crippen LogP contribution in [0.15, 0.2) is 28.5 Å². The van der Waals surface area contributed by atoms with Gasteiger partial charge in [-0.15, -0.1) is 0 Å². The second kappa shape index (κ2) is 2.60. The highest BCUT2D eigenvalue weighted by molar-refractivity contribution is 7.94. The summed E-state index contributed by atoms with van der Waals surface area (Å²) in [5, 5.41) is 1.21. The summed E-state index contributed by atoms with van der Waals surface area (Å²) in [6, 6.07) is 4.91. The van der Waals surface area contributed by atoms with Crippen molar-refractivity contribution < 1.29 is 13.2 Å². The van der Waals surface area contributed by atoms with E-state index in [0.717, 1.165) is 0 Å². The minimum Gasteiger partial charge on any atom is -0.497 e. The molecule has 1 aliphatic heterocycles. The molecule has 0 saturated carbocycles. The Bertz CT molecular complexity index is 472. The molecular weight excluding hydrogens is 188 g/mol. The molecule has 3 nitrogen and oxygen atoms in total. The number of benzene rings is 1. The van der Waals surface area contributed by atoms with E-state index in [2.05, 4.69) is 0 Å². The summed E-state index contributed by atoms with van der Waals surface area (Å²) < 4.78 is 27.6. The van der Waals surface area contributed by atoms with Crippen molar-refractivity contribution in [2.75, 3.05) is 7.11 Å². The first kappa shape index (κ1) is 8.31. The zero-order valence-corrected chi connectivity index (χ0v) is 7.84. The van der Waals surface area contributed by atoms with Crippen molar-refractivity contribution >= 4 is 15.9 Å². The van der Waals surface area contributed by atoms with E-state index in [-0.39, 0.29) is 0 Å². The van der Waals surface area contributed by atoms with Crippen LogP contribution in [0.25, 0.3) is 6.08 Å². The highest BCUT2D eigenvalue weighted by atomic mass is 32.2. The van der Waals surface area contributed by atoms with E-state index < -0.39 is 9.84 Å². The first-order chi connectivity index (χ1) is 6.13. The molecule has 0 fully saturated rings. The summed E-state index contributed by atoms with van der Waals surface area (Å²) in [6.45, 7) is 0. The normalized spacial score (nSPS) is 17.0. The largest absolute Gasteiger partial charge is 0.497 e. The van der Waals surface area contributed by atoms with Gasteiger partial charge in [0.05, 0.1) is 12.0 Å².